The topological polar surface area (TPSA) is 57.8 Å². The highest BCUT2D eigenvalue weighted by Crippen LogP contribution is 2.20. The van der Waals surface area contributed by atoms with Crippen LogP contribution in [-0.4, -0.2) is 21.6 Å². The lowest BCUT2D eigenvalue weighted by Gasteiger charge is -2.11. The molecule has 0 fully saturated rings. The molecule has 1 amide bonds. The first kappa shape index (κ1) is 14.0. The van der Waals surface area contributed by atoms with Crippen molar-refractivity contribution in [3.05, 3.63) is 47.5 Å². The molecule has 100 valence electrons. The van der Waals surface area contributed by atoms with Crippen molar-refractivity contribution in [3.8, 4) is 0 Å². The van der Waals surface area contributed by atoms with E-state index in [0.29, 0.717) is 10.8 Å². The lowest BCUT2D eigenvalue weighted by molar-refractivity contribution is -0.119. The Bertz CT molecular complexity index is 527. The standard InChI is InChI=1S/C13H14ClN3OS/c1-9(13-15-6-7-16-13)17-12(18)8-19-11-4-2-10(14)3-5-11/h2-7,9H,8H2,1H3,(H,15,16)(H,17,18). The van der Waals surface area contributed by atoms with Crippen molar-refractivity contribution in [1.29, 1.82) is 0 Å². The molecule has 4 nitrogen and oxygen atoms in total. The summed E-state index contributed by atoms with van der Waals surface area (Å²) in [5, 5.41) is 3.58. The van der Waals surface area contributed by atoms with E-state index in [1.54, 1.807) is 12.4 Å². The Morgan fingerprint density at radius 1 is 1.47 bits per heavy atom. The maximum atomic E-state index is 11.8. The zero-order valence-electron chi connectivity index (χ0n) is 10.4. The molecule has 0 radical (unpaired) electrons. The van der Waals surface area contributed by atoms with Gasteiger partial charge in [0.25, 0.3) is 0 Å². The molecule has 0 bridgehead atoms. The zero-order chi connectivity index (χ0) is 13.7. The lowest BCUT2D eigenvalue weighted by Crippen LogP contribution is -2.28. The molecule has 2 aromatic rings. The molecule has 2 rings (SSSR count). The number of nitrogens with zero attached hydrogens (tertiary/aromatic N) is 1. The van der Waals surface area contributed by atoms with Crippen LogP contribution in [0.25, 0.3) is 0 Å². The molecule has 2 N–H and O–H groups in total. The molecule has 0 saturated heterocycles. The van der Waals surface area contributed by atoms with Gasteiger partial charge in [-0.25, -0.2) is 4.98 Å². The molecule has 1 atom stereocenters. The van der Waals surface area contributed by atoms with E-state index in [4.69, 9.17) is 11.6 Å². The minimum Gasteiger partial charge on any atom is -0.347 e. The smallest absolute Gasteiger partial charge is 0.230 e. The fourth-order valence-corrected chi connectivity index (χ4v) is 2.38. The number of H-pyrrole nitrogens is 1. The minimum absolute atomic E-state index is 0.0242. The van der Waals surface area contributed by atoms with E-state index in [2.05, 4.69) is 15.3 Å². The molecule has 1 heterocycles. The maximum absolute atomic E-state index is 11.8. The van der Waals surface area contributed by atoms with Gasteiger partial charge in [-0.05, 0) is 31.2 Å². The monoisotopic (exact) mass is 295 g/mol. The fourth-order valence-electron chi connectivity index (χ4n) is 1.55. The van der Waals surface area contributed by atoms with Crippen molar-refractivity contribution in [2.45, 2.75) is 17.9 Å². The summed E-state index contributed by atoms with van der Waals surface area (Å²) in [5.74, 6) is 1.10. The van der Waals surface area contributed by atoms with E-state index in [1.165, 1.54) is 11.8 Å². The van der Waals surface area contributed by atoms with Gasteiger partial charge in [0.1, 0.15) is 5.82 Å². The van der Waals surface area contributed by atoms with Gasteiger partial charge < -0.3 is 10.3 Å². The Morgan fingerprint density at radius 2 is 2.21 bits per heavy atom. The highest BCUT2D eigenvalue weighted by Gasteiger charge is 2.11. The van der Waals surface area contributed by atoms with Crippen molar-refractivity contribution < 1.29 is 4.79 Å². The molecule has 1 unspecified atom stereocenters. The zero-order valence-corrected chi connectivity index (χ0v) is 12.0. The van der Waals surface area contributed by atoms with Gasteiger partial charge in [0.2, 0.25) is 5.91 Å². The molecule has 0 spiro atoms. The quantitative estimate of drug-likeness (QED) is 0.834. The van der Waals surface area contributed by atoms with Crippen molar-refractivity contribution >= 4 is 29.3 Å². The van der Waals surface area contributed by atoms with E-state index < -0.39 is 0 Å². The average molecular weight is 296 g/mol. The summed E-state index contributed by atoms with van der Waals surface area (Å²) in [7, 11) is 0. The lowest BCUT2D eigenvalue weighted by atomic mass is 10.3. The first-order valence-electron chi connectivity index (χ1n) is 5.82. The predicted molar refractivity (Wildman–Crippen MR) is 77.3 cm³/mol. The van der Waals surface area contributed by atoms with Crippen molar-refractivity contribution in [1.82, 2.24) is 15.3 Å². The number of nitrogens with one attached hydrogen (secondary N) is 2. The molecule has 0 aliphatic rings. The summed E-state index contributed by atoms with van der Waals surface area (Å²) in [6, 6.07) is 7.31. The molecule has 0 aliphatic heterocycles. The van der Waals surface area contributed by atoms with E-state index in [0.717, 1.165) is 10.7 Å². The highest BCUT2D eigenvalue weighted by atomic mass is 35.5. The highest BCUT2D eigenvalue weighted by molar-refractivity contribution is 8.00. The van der Waals surface area contributed by atoms with Crippen LogP contribution in [0.15, 0.2) is 41.6 Å². The number of halogens is 1. The molecule has 1 aromatic carbocycles. The minimum atomic E-state index is -0.117. The van der Waals surface area contributed by atoms with E-state index >= 15 is 0 Å². The Kier molecular flexibility index (Phi) is 4.87. The van der Waals surface area contributed by atoms with E-state index in [9.17, 15) is 4.79 Å². The van der Waals surface area contributed by atoms with Crippen LogP contribution in [0.4, 0.5) is 0 Å². The Balaban J connectivity index is 1.80. The van der Waals surface area contributed by atoms with E-state index in [-0.39, 0.29) is 11.9 Å². The summed E-state index contributed by atoms with van der Waals surface area (Å²) >= 11 is 7.28. The SMILES string of the molecule is CC(NC(=O)CSc1ccc(Cl)cc1)c1ncc[nH]1. The van der Waals surface area contributed by atoms with Gasteiger partial charge in [0, 0.05) is 22.3 Å². The number of imidazole rings is 1. The van der Waals surface area contributed by atoms with Gasteiger partial charge in [-0.3, -0.25) is 4.79 Å². The Labute approximate surface area is 121 Å². The number of aromatic nitrogens is 2. The molecule has 0 saturated carbocycles. The van der Waals surface area contributed by atoms with Gasteiger partial charge in [0.05, 0.1) is 11.8 Å². The van der Waals surface area contributed by atoms with Crippen LogP contribution in [0.3, 0.4) is 0 Å². The normalized spacial score (nSPS) is 12.1. The Morgan fingerprint density at radius 3 is 2.84 bits per heavy atom. The van der Waals surface area contributed by atoms with Crippen LogP contribution in [-0.2, 0) is 4.79 Å². The van der Waals surface area contributed by atoms with Crippen LogP contribution >= 0.6 is 23.4 Å². The van der Waals surface area contributed by atoms with Gasteiger partial charge in [-0.2, -0.15) is 0 Å². The third kappa shape index (κ3) is 4.29. The predicted octanol–water partition coefficient (Wildman–Crippen LogP) is 3.03. The Hall–Kier alpha value is -1.46. The number of carbonyl (C=O) groups excluding carboxylic acids is 1. The van der Waals surface area contributed by atoms with Crippen molar-refractivity contribution in [2.75, 3.05) is 5.75 Å². The number of carbonyl (C=O) groups is 1. The second-order valence-electron chi connectivity index (χ2n) is 4.01. The van der Waals surface area contributed by atoms with Gasteiger partial charge in [0.15, 0.2) is 0 Å². The number of amides is 1. The summed E-state index contributed by atoms with van der Waals surface area (Å²) in [6.45, 7) is 1.89. The van der Waals surface area contributed by atoms with Crippen LogP contribution in [0.1, 0.15) is 18.8 Å². The van der Waals surface area contributed by atoms with Gasteiger partial charge >= 0.3 is 0 Å². The van der Waals surface area contributed by atoms with Gasteiger partial charge in [-0.15, -0.1) is 11.8 Å². The van der Waals surface area contributed by atoms with Crippen LogP contribution in [0.5, 0.6) is 0 Å². The fraction of sp³-hybridized carbons (Fsp3) is 0.231. The number of benzene rings is 1. The van der Waals surface area contributed by atoms with Crippen LogP contribution in [0, 0.1) is 0 Å². The molecular formula is C13H14ClN3OS. The second-order valence-corrected chi connectivity index (χ2v) is 5.49. The number of aromatic amines is 1. The van der Waals surface area contributed by atoms with Crippen molar-refractivity contribution in [3.63, 3.8) is 0 Å². The number of hydrogen-bond acceptors (Lipinski definition) is 3. The summed E-state index contributed by atoms with van der Waals surface area (Å²) in [5.41, 5.74) is 0. The molecular weight excluding hydrogens is 282 g/mol. The summed E-state index contributed by atoms with van der Waals surface area (Å²) in [4.78, 5) is 19.9. The van der Waals surface area contributed by atoms with Crippen LogP contribution in [0.2, 0.25) is 5.02 Å². The maximum Gasteiger partial charge on any atom is 0.230 e. The van der Waals surface area contributed by atoms with Crippen molar-refractivity contribution in [2.24, 2.45) is 0 Å². The third-order valence-corrected chi connectivity index (χ3v) is 3.75. The average Bonchev–Trinajstić information content (AvgIpc) is 2.92. The number of thioether (sulfide) groups is 1. The second kappa shape index (κ2) is 6.63. The number of hydrogen-bond donors (Lipinski definition) is 2. The molecule has 1 aromatic heterocycles. The third-order valence-electron chi connectivity index (χ3n) is 2.49. The van der Waals surface area contributed by atoms with E-state index in [1.807, 2.05) is 31.2 Å². The summed E-state index contributed by atoms with van der Waals surface area (Å²) < 4.78 is 0. The largest absolute Gasteiger partial charge is 0.347 e. The first-order chi connectivity index (χ1) is 9.15. The first-order valence-corrected chi connectivity index (χ1v) is 7.18. The molecule has 6 heteroatoms. The summed E-state index contributed by atoms with van der Waals surface area (Å²) in [6.07, 6.45) is 3.40. The van der Waals surface area contributed by atoms with Gasteiger partial charge in [-0.1, -0.05) is 11.6 Å². The number of rotatable bonds is 5. The molecule has 0 aliphatic carbocycles. The molecule has 19 heavy (non-hydrogen) atoms. The van der Waals surface area contributed by atoms with Crippen LogP contribution < -0.4 is 5.32 Å².